The first-order valence-electron chi connectivity index (χ1n) is 5.77. The molecule has 1 aliphatic carbocycles. The number of rotatable bonds is 8. The van der Waals surface area contributed by atoms with Crippen LogP contribution in [0.25, 0.3) is 0 Å². The van der Waals surface area contributed by atoms with E-state index in [9.17, 15) is 8.42 Å². The van der Waals surface area contributed by atoms with Crippen LogP contribution in [-0.2, 0) is 14.8 Å². The standard InChI is InChI=1S/C10H22N2O3S/c1-3-10(8-11)16(13,14)12(6-7-15-2)9-4-5-9/h9-10H,3-8,11H2,1-2H3. The maximum Gasteiger partial charge on any atom is 0.218 e. The Labute approximate surface area is 98.0 Å². The lowest BCUT2D eigenvalue weighted by Gasteiger charge is -2.26. The Morgan fingerprint density at radius 3 is 2.50 bits per heavy atom. The molecule has 16 heavy (non-hydrogen) atoms. The van der Waals surface area contributed by atoms with Crippen LogP contribution >= 0.6 is 0 Å². The van der Waals surface area contributed by atoms with Crippen LogP contribution in [0.5, 0.6) is 0 Å². The van der Waals surface area contributed by atoms with Gasteiger partial charge in [-0.3, -0.25) is 0 Å². The molecule has 0 aromatic carbocycles. The van der Waals surface area contributed by atoms with Gasteiger partial charge in [-0.15, -0.1) is 0 Å². The van der Waals surface area contributed by atoms with Gasteiger partial charge < -0.3 is 10.5 Å². The van der Waals surface area contributed by atoms with Crippen molar-refractivity contribution in [2.45, 2.75) is 37.5 Å². The summed E-state index contributed by atoms with van der Waals surface area (Å²) < 4.78 is 31.1. The lowest BCUT2D eigenvalue weighted by molar-refractivity contribution is 0.176. The van der Waals surface area contributed by atoms with Gasteiger partial charge in [0, 0.05) is 26.2 Å². The molecule has 0 aromatic heterocycles. The molecule has 6 heteroatoms. The van der Waals surface area contributed by atoms with E-state index in [1.165, 1.54) is 0 Å². The van der Waals surface area contributed by atoms with E-state index in [1.54, 1.807) is 11.4 Å². The molecule has 1 unspecified atom stereocenters. The molecular weight excluding hydrogens is 228 g/mol. The minimum Gasteiger partial charge on any atom is -0.383 e. The van der Waals surface area contributed by atoms with Crippen molar-refractivity contribution in [3.63, 3.8) is 0 Å². The second-order valence-electron chi connectivity index (χ2n) is 4.15. The Hall–Kier alpha value is -0.170. The van der Waals surface area contributed by atoms with Crippen molar-refractivity contribution < 1.29 is 13.2 Å². The Kier molecular flexibility index (Phi) is 5.17. The van der Waals surface area contributed by atoms with Gasteiger partial charge in [-0.25, -0.2) is 8.42 Å². The molecule has 1 aliphatic rings. The van der Waals surface area contributed by atoms with Gasteiger partial charge >= 0.3 is 0 Å². The molecule has 0 bridgehead atoms. The van der Waals surface area contributed by atoms with E-state index < -0.39 is 15.3 Å². The zero-order valence-corrected chi connectivity index (χ0v) is 10.9. The second-order valence-corrected chi connectivity index (χ2v) is 6.31. The van der Waals surface area contributed by atoms with E-state index in [0.29, 0.717) is 19.6 Å². The van der Waals surface area contributed by atoms with Gasteiger partial charge in [0.05, 0.1) is 11.9 Å². The number of nitrogens with two attached hydrogens (primary N) is 1. The topological polar surface area (TPSA) is 72.6 Å². The molecule has 1 saturated carbocycles. The van der Waals surface area contributed by atoms with Gasteiger partial charge in [0.2, 0.25) is 10.0 Å². The van der Waals surface area contributed by atoms with Crippen LogP contribution in [0.1, 0.15) is 26.2 Å². The zero-order chi connectivity index (χ0) is 12.2. The van der Waals surface area contributed by atoms with Crippen LogP contribution < -0.4 is 5.73 Å². The zero-order valence-electron chi connectivity index (χ0n) is 10.1. The van der Waals surface area contributed by atoms with Crippen molar-refractivity contribution in [2.75, 3.05) is 26.8 Å². The Morgan fingerprint density at radius 1 is 1.50 bits per heavy atom. The third-order valence-corrected chi connectivity index (χ3v) is 5.44. The summed E-state index contributed by atoms with van der Waals surface area (Å²) in [5, 5.41) is -0.454. The minimum atomic E-state index is -3.24. The molecule has 0 aliphatic heterocycles. The molecule has 96 valence electrons. The van der Waals surface area contributed by atoms with Gasteiger partial charge in [-0.1, -0.05) is 6.92 Å². The number of hydrogen-bond donors (Lipinski definition) is 1. The van der Waals surface area contributed by atoms with Crippen molar-refractivity contribution in [3.8, 4) is 0 Å². The highest BCUT2D eigenvalue weighted by Crippen LogP contribution is 2.30. The summed E-state index contributed by atoms with van der Waals surface area (Å²) in [5.74, 6) is 0. The summed E-state index contributed by atoms with van der Waals surface area (Å²) in [7, 11) is -1.66. The van der Waals surface area contributed by atoms with Gasteiger partial charge in [0.15, 0.2) is 0 Å². The molecule has 0 saturated heterocycles. The molecule has 0 amide bonds. The number of hydrogen-bond acceptors (Lipinski definition) is 4. The highest BCUT2D eigenvalue weighted by atomic mass is 32.2. The monoisotopic (exact) mass is 250 g/mol. The smallest absolute Gasteiger partial charge is 0.218 e. The number of methoxy groups -OCH3 is 1. The molecule has 5 nitrogen and oxygen atoms in total. The van der Waals surface area contributed by atoms with Crippen molar-refractivity contribution in [2.24, 2.45) is 5.73 Å². The molecular formula is C10H22N2O3S. The van der Waals surface area contributed by atoms with E-state index in [2.05, 4.69) is 0 Å². The van der Waals surface area contributed by atoms with E-state index in [0.717, 1.165) is 12.8 Å². The predicted octanol–water partition coefficient (Wildman–Crippen LogP) is 0.164. The van der Waals surface area contributed by atoms with Crippen molar-refractivity contribution >= 4 is 10.0 Å². The quantitative estimate of drug-likeness (QED) is 0.666. The first-order valence-corrected chi connectivity index (χ1v) is 7.27. The predicted molar refractivity (Wildman–Crippen MR) is 63.7 cm³/mol. The van der Waals surface area contributed by atoms with Crippen LogP contribution in [0.4, 0.5) is 0 Å². The summed E-state index contributed by atoms with van der Waals surface area (Å²) in [5.41, 5.74) is 5.52. The Balaban J connectivity index is 2.74. The maximum absolute atomic E-state index is 12.3. The van der Waals surface area contributed by atoms with Crippen LogP contribution in [0.3, 0.4) is 0 Å². The fourth-order valence-electron chi connectivity index (χ4n) is 1.75. The number of nitrogens with zero attached hydrogens (tertiary/aromatic N) is 1. The molecule has 1 fully saturated rings. The molecule has 1 rings (SSSR count). The van der Waals surface area contributed by atoms with Gasteiger partial charge in [-0.2, -0.15) is 4.31 Å². The normalized spacial score (nSPS) is 19.0. The largest absolute Gasteiger partial charge is 0.383 e. The second kappa shape index (κ2) is 5.95. The van der Waals surface area contributed by atoms with Crippen molar-refractivity contribution in [1.29, 1.82) is 0 Å². The summed E-state index contributed by atoms with van der Waals surface area (Å²) in [6.07, 6.45) is 2.49. The molecule has 1 atom stereocenters. The number of ether oxygens (including phenoxy) is 1. The Morgan fingerprint density at radius 2 is 2.12 bits per heavy atom. The van der Waals surface area contributed by atoms with E-state index in [4.69, 9.17) is 10.5 Å². The van der Waals surface area contributed by atoms with E-state index >= 15 is 0 Å². The first kappa shape index (κ1) is 13.9. The molecule has 0 heterocycles. The van der Waals surface area contributed by atoms with Crippen LogP contribution in [0.2, 0.25) is 0 Å². The summed E-state index contributed by atoms with van der Waals surface area (Å²) >= 11 is 0. The average Bonchev–Trinajstić information content (AvgIpc) is 3.03. The fourth-order valence-corrected chi connectivity index (χ4v) is 3.75. The first-order chi connectivity index (χ1) is 7.57. The highest BCUT2D eigenvalue weighted by Gasteiger charge is 2.39. The van der Waals surface area contributed by atoms with Crippen LogP contribution in [0.15, 0.2) is 0 Å². The lowest BCUT2D eigenvalue weighted by atomic mass is 10.3. The van der Waals surface area contributed by atoms with Crippen molar-refractivity contribution in [1.82, 2.24) is 4.31 Å². The molecule has 2 N–H and O–H groups in total. The average molecular weight is 250 g/mol. The lowest BCUT2D eigenvalue weighted by Crippen LogP contribution is -2.44. The summed E-state index contributed by atoms with van der Waals surface area (Å²) in [6.45, 7) is 2.93. The minimum absolute atomic E-state index is 0.181. The van der Waals surface area contributed by atoms with Crippen molar-refractivity contribution in [3.05, 3.63) is 0 Å². The SMILES string of the molecule is CCC(CN)S(=O)(=O)N(CCOC)C1CC1. The van der Waals surface area contributed by atoms with Gasteiger partial charge in [0.25, 0.3) is 0 Å². The van der Waals surface area contributed by atoms with Gasteiger partial charge in [-0.05, 0) is 19.3 Å². The number of sulfonamides is 1. The third-order valence-electron chi connectivity index (χ3n) is 2.94. The fraction of sp³-hybridized carbons (Fsp3) is 1.00. The van der Waals surface area contributed by atoms with E-state index in [-0.39, 0.29) is 12.6 Å². The Bertz CT molecular complexity index is 297. The van der Waals surface area contributed by atoms with Crippen LogP contribution in [0, 0.1) is 0 Å². The van der Waals surface area contributed by atoms with E-state index in [1.807, 2.05) is 6.92 Å². The molecule has 0 aromatic rings. The van der Waals surface area contributed by atoms with Gasteiger partial charge in [0.1, 0.15) is 0 Å². The van der Waals surface area contributed by atoms with Crippen LogP contribution in [-0.4, -0.2) is 50.8 Å². The maximum atomic E-state index is 12.3. The third kappa shape index (κ3) is 3.16. The molecule has 0 radical (unpaired) electrons. The summed E-state index contributed by atoms with van der Waals surface area (Å²) in [6, 6.07) is 0.181. The summed E-state index contributed by atoms with van der Waals surface area (Å²) in [4.78, 5) is 0. The molecule has 0 spiro atoms. The highest BCUT2D eigenvalue weighted by molar-refractivity contribution is 7.89.